The number of nitrogens with zero attached hydrogens (tertiary/aromatic N) is 4. The van der Waals surface area contributed by atoms with Crippen LogP contribution in [-0.4, -0.2) is 19.1 Å². The molecule has 62 heavy (non-hydrogen) atoms. The quantitative estimate of drug-likeness (QED) is 0.178. The molecule has 10 aromatic rings. The lowest BCUT2D eigenvalue weighted by molar-refractivity contribution is 0.881. The van der Waals surface area contributed by atoms with Crippen LogP contribution in [-0.2, 0) is 25.7 Å². The van der Waals surface area contributed by atoms with Gasteiger partial charge in [0.25, 0.3) is 0 Å². The summed E-state index contributed by atoms with van der Waals surface area (Å²) >= 11 is 0. The first-order valence-electron chi connectivity index (χ1n) is 22.3. The van der Waals surface area contributed by atoms with Crippen LogP contribution >= 0.6 is 0 Å². The average Bonchev–Trinajstić information content (AvgIpc) is 3.78. The van der Waals surface area contributed by atoms with Gasteiger partial charge in [-0.15, -0.1) is 0 Å². The van der Waals surface area contributed by atoms with Gasteiger partial charge in [0, 0.05) is 33.9 Å². The number of fused-ring (bicyclic) bond motifs is 8. The van der Waals surface area contributed by atoms with Gasteiger partial charge in [-0.1, -0.05) is 36.4 Å². The van der Waals surface area contributed by atoms with E-state index in [0.29, 0.717) is 0 Å². The predicted octanol–water partition coefficient (Wildman–Crippen LogP) is 14.3. The molecule has 2 aliphatic carbocycles. The Morgan fingerprint density at radius 3 is 1.18 bits per heavy atom. The molecule has 0 bridgehead atoms. The summed E-state index contributed by atoms with van der Waals surface area (Å²) < 4.78 is 4.95. The molecule has 0 saturated heterocycles. The summed E-state index contributed by atoms with van der Waals surface area (Å²) in [7, 11) is 0. The zero-order valence-electron chi connectivity index (χ0n) is 37.0. The van der Waals surface area contributed by atoms with E-state index in [9.17, 15) is 0 Å². The Balaban J connectivity index is 1.15. The van der Waals surface area contributed by atoms with Gasteiger partial charge in [0.15, 0.2) is 0 Å². The largest absolute Gasteiger partial charge is 0.293 e. The summed E-state index contributed by atoms with van der Waals surface area (Å²) in [6.45, 7) is 17.7. The molecule has 0 amide bonds. The SMILES string of the molecule is Cc1ccnc(-n2c3ccc(-c4cc(C)c(C)c(C)c4)cc3c3cc4c5c(c32)CCc2cc3c6cc(-c7cc(C)c(C)c(C)c7)ccc6n(-c6cc(C)ccn6)c3c(c2-5)CC4)c1. The van der Waals surface area contributed by atoms with Gasteiger partial charge in [0.1, 0.15) is 11.6 Å². The highest BCUT2D eigenvalue weighted by atomic mass is 15.1. The first-order chi connectivity index (χ1) is 30.0. The lowest BCUT2D eigenvalue weighted by atomic mass is 9.74. The minimum atomic E-state index is 0.980. The van der Waals surface area contributed by atoms with Crippen LogP contribution in [0.2, 0.25) is 0 Å². The summed E-state index contributed by atoms with van der Waals surface area (Å²) in [5.41, 5.74) is 29.3. The van der Waals surface area contributed by atoms with Crippen molar-refractivity contribution in [3.8, 4) is 45.0 Å². The molecule has 0 radical (unpaired) electrons. The van der Waals surface area contributed by atoms with Gasteiger partial charge < -0.3 is 0 Å². The van der Waals surface area contributed by atoms with Crippen LogP contribution in [0.4, 0.5) is 0 Å². The zero-order chi connectivity index (χ0) is 42.3. The third kappa shape index (κ3) is 5.32. The molecule has 4 nitrogen and oxygen atoms in total. The topological polar surface area (TPSA) is 35.6 Å². The van der Waals surface area contributed by atoms with Crippen LogP contribution < -0.4 is 0 Å². The Labute approximate surface area is 363 Å². The summed E-state index contributed by atoms with van der Waals surface area (Å²) in [5.74, 6) is 1.96. The summed E-state index contributed by atoms with van der Waals surface area (Å²) in [6, 6.07) is 37.4. The molecule has 0 fully saturated rings. The summed E-state index contributed by atoms with van der Waals surface area (Å²) in [4.78, 5) is 10.1. The van der Waals surface area contributed by atoms with Crippen LogP contribution in [0, 0.1) is 55.4 Å². The molecule has 0 unspecified atom stereocenters. The molecule has 0 N–H and O–H groups in total. The van der Waals surface area contributed by atoms with E-state index in [1.807, 2.05) is 12.4 Å². The number of pyridine rings is 2. The fourth-order valence-electron chi connectivity index (χ4n) is 11.2. The van der Waals surface area contributed by atoms with Crippen molar-refractivity contribution in [3.05, 3.63) is 176 Å². The molecular formula is C58H50N4. The van der Waals surface area contributed by atoms with E-state index in [1.54, 1.807) is 0 Å². The standard InChI is InChI=1S/C58H50N4/c1-31-17-19-59-53(21-31)61-51-15-11-39(43-23-33(3)37(7)34(4)24-43)27-47(51)49-29-41-10-14-46-56-42(9-13-45(55(41)56)57(49)61)30-50-48-28-40(44-25-35(5)38(8)36(6)26-44)12-16-52(48)62(58(46)50)54-22-32(2)18-20-60-54/h11-12,15-30H,9-10,13-14H2,1-8H3. The van der Waals surface area contributed by atoms with Gasteiger partial charge >= 0.3 is 0 Å². The fraction of sp³-hybridized carbons (Fsp3) is 0.207. The lowest BCUT2D eigenvalue weighted by Crippen LogP contribution is -2.16. The third-order valence-corrected chi connectivity index (χ3v) is 14.8. The van der Waals surface area contributed by atoms with E-state index < -0.39 is 0 Å². The second-order valence-corrected chi connectivity index (χ2v) is 18.6. The van der Waals surface area contributed by atoms with Crippen molar-refractivity contribution in [2.24, 2.45) is 0 Å². The first kappa shape index (κ1) is 37.0. The predicted molar refractivity (Wildman–Crippen MR) is 260 cm³/mol. The van der Waals surface area contributed by atoms with E-state index >= 15 is 0 Å². The minimum absolute atomic E-state index is 0.980. The second-order valence-electron chi connectivity index (χ2n) is 18.6. The maximum atomic E-state index is 5.06. The van der Waals surface area contributed by atoms with Gasteiger partial charge in [-0.05, 0) is 242 Å². The molecule has 0 aliphatic heterocycles. The Hall–Kier alpha value is -6.78. The van der Waals surface area contributed by atoms with Crippen LogP contribution in [0.1, 0.15) is 66.8 Å². The first-order valence-corrected chi connectivity index (χ1v) is 22.3. The Morgan fingerprint density at radius 2 is 0.790 bits per heavy atom. The monoisotopic (exact) mass is 802 g/mol. The molecule has 0 spiro atoms. The van der Waals surface area contributed by atoms with E-state index in [2.05, 4.69) is 162 Å². The molecule has 4 heteroatoms. The molecule has 4 heterocycles. The zero-order valence-corrected chi connectivity index (χ0v) is 37.0. The van der Waals surface area contributed by atoms with Gasteiger partial charge in [0.05, 0.1) is 22.1 Å². The van der Waals surface area contributed by atoms with Gasteiger partial charge in [-0.2, -0.15) is 0 Å². The Morgan fingerprint density at radius 1 is 0.387 bits per heavy atom. The highest BCUT2D eigenvalue weighted by Gasteiger charge is 2.33. The number of hydrogen-bond acceptors (Lipinski definition) is 2. The molecular weight excluding hydrogens is 753 g/mol. The molecule has 0 saturated carbocycles. The third-order valence-electron chi connectivity index (χ3n) is 14.8. The van der Waals surface area contributed by atoms with Crippen molar-refractivity contribution in [2.75, 3.05) is 0 Å². The molecule has 12 rings (SSSR count). The van der Waals surface area contributed by atoms with Gasteiger partial charge in [-0.25, -0.2) is 9.97 Å². The number of hydrogen-bond donors (Lipinski definition) is 0. The van der Waals surface area contributed by atoms with E-state index in [-0.39, 0.29) is 0 Å². The number of rotatable bonds is 4. The van der Waals surface area contributed by atoms with Crippen molar-refractivity contribution >= 4 is 43.6 Å². The van der Waals surface area contributed by atoms with Crippen molar-refractivity contribution < 1.29 is 0 Å². The number of benzene rings is 6. The van der Waals surface area contributed by atoms with Crippen molar-refractivity contribution in [1.29, 1.82) is 0 Å². The van der Waals surface area contributed by atoms with E-state index in [1.165, 1.54) is 144 Å². The van der Waals surface area contributed by atoms with E-state index in [4.69, 9.17) is 9.97 Å². The maximum absolute atomic E-state index is 5.06. The highest BCUT2D eigenvalue weighted by Crippen LogP contribution is 2.51. The van der Waals surface area contributed by atoms with Crippen molar-refractivity contribution in [3.63, 3.8) is 0 Å². The van der Waals surface area contributed by atoms with Crippen LogP contribution in [0.15, 0.2) is 109 Å². The number of aryl methyl sites for hydroxylation is 10. The molecule has 0 atom stereocenters. The minimum Gasteiger partial charge on any atom is -0.293 e. The van der Waals surface area contributed by atoms with Crippen molar-refractivity contribution in [2.45, 2.75) is 81.1 Å². The molecule has 2 aliphatic rings. The molecule has 6 aromatic carbocycles. The van der Waals surface area contributed by atoms with E-state index in [0.717, 1.165) is 37.3 Å². The lowest BCUT2D eigenvalue weighted by Gasteiger charge is -2.31. The van der Waals surface area contributed by atoms with Crippen LogP contribution in [0.5, 0.6) is 0 Å². The average molecular weight is 803 g/mol. The second kappa shape index (κ2) is 13.4. The maximum Gasteiger partial charge on any atom is 0.137 e. The van der Waals surface area contributed by atoms with Gasteiger partial charge in [-0.3, -0.25) is 9.13 Å². The van der Waals surface area contributed by atoms with Gasteiger partial charge in [0.2, 0.25) is 0 Å². The molecule has 302 valence electrons. The fourth-order valence-corrected chi connectivity index (χ4v) is 11.2. The smallest absolute Gasteiger partial charge is 0.137 e. The Kier molecular flexibility index (Phi) is 7.98. The van der Waals surface area contributed by atoms with Crippen LogP contribution in [0.25, 0.3) is 88.6 Å². The molecule has 4 aromatic heterocycles. The Bertz CT molecular complexity index is 3320. The summed E-state index contributed by atoms with van der Waals surface area (Å²) in [5, 5.41) is 5.26. The normalized spacial score (nSPS) is 13.2. The summed E-state index contributed by atoms with van der Waals surface area (Å²) in [6.07, 6.45) is 7.87. The number of aromatic nitrogens is 4. The van der Waals surface area contributed by atoms with Crippen molar-refractivity contribution in [1.82, 2.24) is 19.1 Å². The van der Waals surface area contributed by atoms with Crippen LogP contribution in [0.3, 0.4) is 0 Å². The highest BCUT2D eigenvalue weighted by molar-refractivity contribution is 6.16.